The van der Waals surface area contributed by atoms with Crippen molar-refractivity contribution in [2.24, 2.45) is 5.92 Å². The highest BCUT2D eigenvalue weighted by molar-refractivity contribution is 5.98. The summed E-state index contributed by atoms with van der Waals surface area (Å²) >= 11 is 0. The van der Waals surface area contributed by atoms with E-state index in [9.17, 15) is 9.59 Å². The lowest BCUT2D eigenvalue weighted by atomic mass is 10.1. The lowest BCUT2D eigenvalue weighted by Gasteiger charge is -2.22. The molecule has 1 N–H and O–H groups in total. The van der Waals surface area contributed by atoms with E-state index < -0.39 is 0 Å². The van der Waals surface area contributed by atoms with E-state index in [1.54, 1.807) is 9.58 Å². The first kappa shape index (κ1) is 22.8. The number of hydrogen-bond acceptors (Lipinski definition) is 3. The standard InChI is InChI=1S/C27H32N4O2/c1-4-5-17-30(27(33)22-13-14-22)18-24(32)28-26-25(21-9-7-6-8-10-21)20(3)29-31(26)23-15-11-19(2)12-16-23/h6-12,15-16,22H,4-5,13-14,17-18H2,1-3H3,(H,28,32). The van der Waals surface area contributed by atoms with Crippen molar-refractivity contribution in [2.75, 3.05) is 18.4 Å². The summed E-state index contributed by atoms with van der Waals surface area (Å²) in [4.78, 5) is 27.7. The highest BCUT2D eigenvalue weighted by Crippen LogP contribution is 2.34. The Morgan fingerprint density at radius 3 is 2.39 bits per heavy atom. The maximum atomic E-state index is 13.2. The molecule has 3 aromatic rings. The summed E-state index contributed by atoms with van der Waals surface area (Å²) in [6.07, 6.45) is 3.73. The van der Waals surface area contributed by atoms with E-state index in [0.717, 1.165) is 53.8 Å². The summed E-state index contributed by atoms with van der Waals surface area (Å²) in [5, 5.41) is 7.86. The molecule has 0 aliphatic heterocycles. The normalized spacial score (nSPS) is 13.1. The summed E-state index contributed by atoms with van der Waals surface area (Å²) in [6, 6.07) is 18.0. The molecule has 0 bridgehead atoms. The predicted octanol–water partition coefficient (Wildman–Crippen LogP) is 5.13. The minimum atomic E-state index is -0.203. The molecule has 0 spiro atoms. The van der Waals surface area contributed by atoms with Gasteiger partial charge in [0.15, 0.2) is 0 Å². The number of unbranched alkanes of at least 4 members (excludes halogenated alkanes) is 1. The molecule has 6 heteroatoms. The predicted molar refractivity (Wildman–Crippen MR) is 131 cm³/mol. The van der Waals surface area contributed by atoms with Crippen LogP contribution < -0.4 is 5.32 Å². The molecule has 1 saturated carbocycles. The van der Waals surface area contributed by atoms with Crippen molar-refractivity contribution >= 4 is 17.6 Å². The zero-order valence-electron chi connectivity index (χ0n) is 19.7. The maximum absolute atomic E-state index is 13.2. The van der Waals surface area contributed by atoms with Crippen LogP contribution in [0.25, 0.3) is 16.8 Å². The number of anilines is 1. The van der Waals surface area contributed by atoms with E-state index in [-0.39, 0.29) is 24.3 Å². The fourth-order valence-electron chi connectivity index (χ4n) is 4.02. The molecule has 172 valence electrons. The fourth-order valence-corrected chi connectivity index (χ4v) is 4.02. The lowest BCUT2D eigenvalue weighted by Crippen LogP contribution is -2.39. The molecule has 4 rings (SSSR count). The zero-order chi connectivity index (χ0) is 23.4. The number of amides is 2. The van der Waals surface area contributed by atoms with Gasteiger partial charge in [0.05, 0.1) is 17.9 Å². The Hall–Kier alpha value is -3.41. The molecule has 0 unspecified atom stereocenters. The number of aryl methyl sites for hydroxylation is 2. The van der Waals surface area contributed by atoms with Crippen LogP contribution in [0, 0.1) is 19.8 Å². The third-order valence-corrected chi connectivity index (χ3v) is 6.01. The second kappa shape index (κ2) is 10.0. The smallest absolute Gasteiger partial charge is 0.245 e. The van der Waals surface area contributed by atoms with Crippen LogP contribution in [-0.4, -0.2) is 39.6 Å². The van der Waals surface area contributed by atoms with Gasteiger partial charge >= 0.3 is 0 Å². The molecule has 6 nitrogen and oxygen atoms in total. The number of hydrogen-bond donors (Lipinski definition) is 1. The molecular weight excluding hydrogens is 412 g/mol. The van der Waals surface area contributed by atoms with Crippen LogP contribution >= 0.6 is 0 Å². The topological polar surface area (TPSA) is 67.2 Å². The van der Waals surface area contributed by atoms with Crippen molar-refractivity contribution in [3.8, 4) is 16.8 Å². The van der Waals surface area contributed by atoms with E-state index >= 15 is 0 Å². The van der Waals surface area contributed by atoms with Gasteiger partial charge < -0.3 is 10.2 Å². The van der Waals surface area contributed by atoms with E-state index in [1.807, 2.05) is 68.4 Å². The molecule has 0 atom stereocenters. The molecule has 2 aromatic carbocycles. The first-order valence-corrected chi connectivity index (χ1v) is 11.8. The molecule has 1 aliphatic carbocycles. The number of benzene rings is 2. The minimum Gasteiger partial charge on any atom is -0.333 e. The average molecular weight is 445 g/mol. The molecule has 2 amide bonds. The first-order chi connectivity index (χ1) is 16.0. The number of rotatable bonds is 9. The molecule has 0 radical (unpaired) electrons. The van der Waals surface area contributed by atoms with Crippen molar-refractivity contribution in [3.05, 3.63) is 65.9 Å². The first-order valence-electron chi connectivity index (χ1n) is 11.8. The van der Waals surface area contributed by atoms with Gasteiger partial charge in [-0.15, -0.1) is 0 Å². The highest BCUT2D eigenvalue weighted by atomic mass is 16.2. The average Bonchev–Trinajstić information content (AvgIpc) is 3.61. The van der Waals surface area contributed by atoms with Crippen LogP contribution in [0.4, 0.5) is 5.82 Å². The van der Waals surface area contributed by atoms with Crippen molar-refractivity contribution < 1.29 is 9.59 Å². The van der Waals surface area contributed by atoms with E-state index in [0.29, 0.717) is 12.4 Å². The molecule has 1 heterocycles. The zero-order valence-corrected chi connectivity index (χ0v) is 19.7. The molecule has 0 saturated heterocycles. The lowest BCUT2D eigenvalue weighted by molar-refractivity contribution is -0.135. The molecule has 1 aromatic heterocycles. The van der Waals surface area contributed by atoms with E-state index in [2.05, 4.69) is 12.2 Å². The van der Waals surface area contributed by atoms with E-state index in [1.165, 1.54) is 0 Å². The van der Waals surface area contributed by atoms with Gasteiger partial charge in [-0.05, 0) is 50.8 Å². The van der Waals surface area contributed by atoms with Crippen LogP contribution in [0.3, 0.4) is 0 Å². The van der Waals surface area contributed by atoms with Crippen LogP contribution in [0.1, 0.15) is 43.9 Å². The third kappa shape index (κ3) is 5.33. The highest BCUT2D eigenvalue weighted by Gasteiger charge is 2.34. The largest absolute Gasteiger partial charge is 0.333 e. The summed E-state index contributed by atoms with van der Waals surface area (Å²) in [7, 11) is 0. The second-order valence-electron chi connectivity index (χ2n) is 8.86. The Labute approximate surface area is 195 Å². The van der Waals surface area contributed by atoms with Crippen molar-refractivity contribution in [3.63, 3.8) is 0 Å². The number of nitrogens with one attached hydrogen (secondary N) is 1. The van der Waals surface area contributed by atoms with Crippen LogP contribution in [0.15, 0.2) is 54.6 Å². The summed E-state index contributed by atoms with van der Waals surface area (Å²) in [6.45, 7) is 6.75. The summed E-state index contributed by atoms with van der Waals surface area (Å²) in [5.74, 6) is 0.618. The van der Waals surface area contributed by atoms with Gasteiger partial charge in [0, 0.05) is 18.0 Å². The Morgan fingerprint density at radius 2 is 1.76 bits per heavy atom. The van der Waals surface area contributed by atoms with Crippen LogP contribution in [0.2, 0.25) is 0 Å². The molecule has 1 fully saturated rings. The van der Waals surface area contributed by atoms with Gasteiger partial charge in [0.1, 0.15) is 5.82 Å². The van der Waals surface area contributed by atoms with E-state index in [4.69, 9.17) is 5.10 Å². The SMILES string of the molecule is CCCCN(CC(=O)Nc1c(-c2ccccc2)c(C)nn1-c1ccc(C)cc1)C(=O)C1CC1. The maximum Gasteiger partial charge on any atom is 0.245 e. The van der Waals surface area contributed by atoms with Crippen molar-refractivity contribution in [1.29, 1.82) is 0 Å². The van der Waals surface area contributed by atoms with Gasteiger partial charge in [-0.1, -0.05) is 61.4 Å². The Morgan fingerprint density at radius 1 is 1.06 bits per heavy atom. The Balaban J connectivity index is 1.66. The number of carbonyl (C=O) groups excluding carboxylic acids is 2. The third-order valence-electron chi connectivity index (χ3n) is 6.01. The van der Waals surface area contributed by atoms with Gasteiger partial charge in [-0.25, -0.2) is 4.68 Å². The monoisotopic (exact) mass is 444 g/mol. The van der Waals surface area contributed by atoms with Gasteiger partial charge in [0.2, 0.25) is 11.8 Å². The van der Waals surface area contributed by atoms with Crippen molar-refractivity contribution in [1.82, 2.24) is 14.7 Å². The summed E-state index contributed by atoms with van der Waals surface area (Å²) in [5.41, 5.74) is 4.73. The molecule has 1 aliphatic rings. The fraction of sp³-hybridized carbons (Fsp3) is 0.370. The molecule has 33 heavy (non-hydrogen) atoms. The second-order valence-corrected chi connectivity index (χ2v) is 8.86. The minimum absolute atomic E-state index is 0.0572. The Kier molecular flexibility index (Phi) is 6.92. The number of nitrogens with zero attached hydrogens (tertiary/aromatic N) is 3. The number of carbonyl (C=O) groups is 2. The van der Waals surface area contributed by atoms with Gasteiger partial charge in [-0.2, -0.15) is 5.10 Å². The Bertz CT molecular complexity index is 1120. The summed E-state index contributed by atoms with van der Waals surface area (Å²) < 4.78 is 1.79. The van der Waals surface area contributed by atoms with Gasteiger partial charge in [-0.3, -0.25) is 9.59 Å². The van der Waals surface area contributed by atoms with Crippen LogP contribution in [0.5, 0.6) is 0 Å². The molecular formula is C27H32N4O2. The van der Waals surface area contributed by atoms with Crippen molar-refractivity contribution in [2.45, 2.75) is 46.5 Å². The quantitative estimate of drug-likeness (QED) is 0.497. The number of aromatic nitrogens is 2. The van der Waals surface area contributed by atoms with Gasteiger partial charge in [0.25, 0.3) is 0 Å². The van der Waals surface area contributed by atoms with Crippen LogP contribution in [-0.2, 0) is 9.59 Å².